The molecule has 0 aliphatic rings. The zero-order valence-corrected chi connectivity index (χ0v) is 11.3. The largest absolute Gasteiger partial charge is 0.339 e. The van der Waals surface area contributed by atoms with Crippen LogP contribution in [0.25, 0.3) is 11.4 Å². The van der Waals surface area contributed by atoms with Gasteiger partial charge in [0.1, 0.15) is 10.8 Å². The monoisotopic (exact) mass is 284 g/mol. The Bertz CT molecular complexity index is 683. The van der Waals surface area contributed by atoms with Crippen LogP contribution in [0.5, 0.6) is 0 Å². The van der Waals surface area contributed by atoms with Gasteiger partial charge in [-0.05, 0) is 11.8 Å². The number of benzene rings is 1. The second kappa shape index (κ2) is 5.72. The highest BCUT2D eigenvalue weighted by molar-refractivity contribution is 7.99. The van der Waals surface area contributed by atoms with E-state index in [-0.39, 0.29) is 0 Å². The maximum atomic E-state index is 5.47. The molecule has 0 radical (unpaired) electrons. The molecule has 2 aromatic heterocycles. The summed E-state index contributed by atoms with van der Waals surface area (Å²) in [7, 11) is 0. The van der Waals surface area contributed by atoms with Crippen LogP contribution < -0.4 is 11.3 Å². The average molecular weight is 284 g/mol. The van der Waals surface area contributed by atoms with Gasteiger partial charge in [-0.1, -0.05) is 30.3 Å². The molecule has 3 rings (SSSR count). The summed E-state index contributed by atoms with van der Waals surface area (Å²) in [4.78, 5) is 16.1. The highest BCUT2D eigenvalue weighted by Gasteiger charge is 2.08. The number of imidazole rings is 1. The molecular formula is C13H12N6S. The quantitative estimate of drug-likeness (QED) is 0.387. The lowest BCUT2D eigenvalue weighted by Crippen LogP contribution is -2.09. The van der Waals surface area contributed by atoms with Crippen molar-refractivity contribution < 1.29 is 0 Å². The number of nitrogen functional groups attached to an aromatic ring is 1. The van der Waals surface area contributed by atoms with Crippen molar-refractivity contribution >= 4 is 17.6 Å². The van der Waals surface area contributed by atoms with Gasteiger partial charge in [0.25, 0.3) is 0 Å². The first-order valence-corrected chi connectivity index (χ1v) is 6.75. The van der Waals surface area contributed by atoms with E-state index in [2.05, 4.69) is 25.4 Å². The average Bonchev–Trinajstić information content (AvgIpc) is 3.00. The molecule has 0 atom stereocenters. The van der Waals surface area contributed by atoms with Crippen molar-refractivity contribution in [1.29, 1.82) is 0 Å². The van der Waals surface area contributed by atoms with Crippen LogP contribution >= 0.6 is 11.8 Å². The Labute approximate surface area is 119 Å². The van der Waals surface area contributed by atoms with Crippen LogP contribution in [-0.2, 0) is 0 Å². The molecule has 0 bridgehead atoms. The zero-order chi connectivity index (χ0) is 13.8. The molecule has 0 aliphatic carbocycles. The molecule has 1 aromatic carbocycles. The third kappa shape index (κ3) is 2.79. The van der Waals surface area contributed by atoms with E-state index in [9.17, 15) is 0 Å². The lowest BCUT2D eigenvalue weighted by Gasteiger charge is -2.06. The summed E-state index contributed by atoms with van der Waals surface area (Å²) >= 11 is 1.42. The van der Waals surface area contributed by atoms with Crippen LogP contribution in [0, 0.1) is 0 Å². The number of nitrogens with two attached hydrogens (primary N) is 1. The van der Waals surface area contributed by atoms with Crippen molar-refractivity contribution in [1.82, 2.24) is 19.9 Å². The fraction of sp³-hybridized carbons (Fsp3) is 0. The van der Waals surface area contributed by atoms with Crippen molar-refractivity contribution in [2.75, 3.05) is 5.43 Å². The summed E-state index contributed by atoms with van der Waals surface area (Å²) in [5.74, 6) is 6.65. The third-order valence-corrected chi connectivity index (χ3v) is 3.39. The van der Waals surface area contributed by atoms with Gasteiger partial charge >= 0.3 is 0 Å². The molecule has 6 nitrogen and oxygen atoms in total. The molecule has 0 unspecified atom stereocenters. The molecule has 0 saturated carbocycles. The second-order valence-corrected chi connectivity index (χ2v) is 4.93. The van der Waals surface area contributed by atoms with Crippen molar-refractivity contribution in [3.8, 4) is 11.4 Å². The van der Waals surface area contributed by atoms with Crippen LogP contribution in [0.1, 0.15) is 0 Å². The summed E-state index contributed by atoms with van der Waals surface area (Å²) in [6, 6.07) is 11.5. The fourth-order valence-electron chi connectivity index (χ4n) is 1.67. The molecule has 3 aromatic rings. The normalized spacial score (nSPS) is 10.4. The van der Waals surface area contributed by atoms with Gasteiger partial charge in [0.2, 0.25) is 0 Å². The second-order valence-electron chi connectivity index (χ2n) is 3.92. The fourth-order valence-corrected chi connectivity index (χ4v) is 2.41. The molecule has 100 valence electrons. The molecule has 0 aliphatic heterocycles. The lowest BCUT2D eigenvalue weighted by atomic mass is 10.2. The van der Waals surface area contributed by atoms with Crippen LogP contribution in [0.2, 0.25) is 0 Å². The Morgan fingerprint density at radius 3 is 2.70 bits per heavy atom. The van der Waals surface area contributed by atoms with Crippen molar-refractivity contribution in [3.63, 3.8) is 0 Å². The van der Waals surface area contributed by atoms with Gasteiger partial charge in [0, 0.05) is 24.0 Å². The SMILES string of the molecule is NNc1cc(Sc2ncc[nH]2)nc(-c2ccccc2)n1. The minimum atomic E-state index is 0.563. The summed E-state index contributed by atoms with van der Waals surface area (Å²) in [6.07, 6.45) is 3.47. The third-order valence-electron chi connectivity index (χ3n) is 2.56. The van der Waals surface area contributed by atoms with Crippen LogP contribution in [0.3, 0.4) is 0 Å². The highest BCUT2D eigenvalue weighted by atomic mass is 32.2. The molecule has 7 heteroatoms. The number of nitrogens with one attached hydrogen (secondary N) is 2. The van der Waals surface area contributed by atoms with Crippen molar-refractivity contribution in [2.24, 2.45) is 5.84 Å². The molecule has 4 N–H and O–H groups in total. The number of H-pyrrole nitrogens is 1. The van der Waals surface area contributed by atoms with E-state index in [0.29, 0.717) is 11.6 Å². The molecule has 0 spiro atoms. The summed E-state index contributed by atoms with van der Waals surface area (Å²) < 4.78 is 0. The summed E-state index contributed by atoms with van der Waals surface area (Å²) in [5, 5.41) is 1.53. The van der Waals surface area contributed by atoms with E-state index in [1.54, 1.807) is 18.5 Å². The van der Waals surface area contributed by atoms with E-state index in [0.717, 1.165) is 15.7 Å². The Hall–Kier alpha value is -2.38. The lowest BCUT2D eigenvalue weighted by molar-refractivity contribution is 1.02. The van der Waals surface area contributed by atoms with Crippen LogP contribution in [0.15, 0.2) is 59.0 Å². The van der Waals surface area contributed by atoms with Crippen molar-refractivity contribution in [3.05, 3.63) is 48.8 Å². The predicted octanol–water partition coefficient (Wildman–Crippen LogP) is 2.30. The van der Waals surface area contributed by atoms with Gasteiger partial charge in [-0.15, -0.1) is 0 Å². The van der Waals surface area contributed by atoms with E-state index in [4.69, 9.17) is 5.84 Å². The van der Waals surface area contributed by atoms with Crippen LogP contribution in [0.4, 0.5) is 5.82 Å². The van der Waals surface area contributed by atoms with Gasteiger partial charge in [-0.2, -0.15) is 0 Å². The summed E-state index contributed by atoms with van der Waals surface area (Å²) in [5.41, 5.74) is 3.50. The van der Waals surface area contributed by atoms with Gasteiger partial charge < -0.3 is 10.4 Å². The minimum absolute atomic E-state index is 0.563. The van der Waals surface area contributed by atoms with E-state index < -0.39 is 0 Å². The minimum Gasteiger partial charge on any atom is -0.339 e. The zero-order valence-electron chi connectivity index (χ0n) is 10.4. The number of aromatic amines is 1. The van der Waals surface area contributed by atoms with Crippen LogP contribution in [-0.4, -0.2) is 19.9 Å². The molecule has 0 amide bonds. The number of anilines is 1. The van der Waals surface area contributed by atoms with E-state index in [1.807, 2.05) is 30.3 Å². The molecule has 0 fully saturated rings. The Kier molecular flexibility index (Phi) is 3.62. The smallest absolute Gasteiger partial charge is 0.171 e. The first-order valence-electron chi connectivity index (χ1n) is 5.93. The topological polar surface area (TPSA) is 92.5 Å². The first-order chi connectivity index (χ1) is 9.85. The number of nitrogens with zero attached hydrogens (tertiary/aromatic N) is 3. The maximum absolute atomic E-state index is 5.47. The maximum Gasteiger partial charge on any atom is 0.171 e. The molecule has 2 heterocycles. The number of rotatable bonds is 4. The van der Waals surface area contributed by atoms with Gasteiger partial charge in [-0.3, -0.25) is 0 Å². The number of hydrogen-bond acceptors (Lipinski definition) is 6. The Morgan fingerprint density at radius 1 is 1.15 bits per heavy atom. The Balaban J connectivity index is 1.99. The number of aromatic nitrogens is 4. The van der Waals surface area contributed by atoms with E-state index in [1.165, 1.54) is 11.8 Å². The highest BCUT2D eigenvalue weighted by Crippen LogP contribution is 2.26. The number of hydrazine groups is 1. The van der Waals surface area contributed by atoms with Gasteiger partial charge in [0.05, 0.1) is 0 Å². The predicted molar refractivity (Wildman–Crippen MR) is 78.0 cm³/mol. The number of hydrogen-bond donors (Lipinski definition) is 3. The molecule has 20 heavy (non-hydrogen) atoms. The summed E-state index contributed by atoms with van der Waals surface area (Å²) in [6.45, 7) is 0. The standard InChI is InChI=1S/C13H12N6S/c14-19-10-8-11(20-13-15-6-7-16-13)18-12(17-10)9-4-2-1-3-5-9/h1-8H,14H2,(H,15,16)(H,17,18,19). The van der Waals surface area contributed by atoms with Gasteiger partial charge in [-0.25, -0.2) is 20.8 Å². The molecule has 0 saturated heterocycles. The van der Waals surface area contributed by atoms with E-state index >= 15 is 0 Å². The Morgan fingerprint density at radius 2 is 2.00 bits per heavy atom. The van der Waals surface area contributed by atoms with Crippen molar-refractivity contribution in [2.45, 2.75) is 10.2 Å². The van der Waals surface area contributed by atoms with Gasteiger partial charge in [0.15, 0.2) is 11.0 Å². The first kappa shape index (κ1) is 12.6. The molecular weight excluding hydrogens is 272 g/mol.